The number of sulfone groups is 1. The highest BCUT2D eigenvalue weighted by atomic mass is 32.2. The largest absolute Gasteiger partial charge is 0.374 e. The highest BCUT2D eigenvalue weighted by molar-refractivity contribution is 7.91. The zero-order chi connectivity index (χ0) is 27.6. The van der Waals surface area contributed by atoms with E-state index in [-0.39, 0.29) is 18.2 Å². The van der Waals surface area contributed by atoms with Crippen LogP contribution in [0.4, 0.5) is 0 Å². The minimum Gasteiger partial charge on any atom is -0.374 e. The van der Waals surface area contributed by atoms with Gasteiger partial charge in [-0.25, -0.2) is 13.4 Å². The van der Waals surface area contributed by atoms with Crippen LogP contribution in [0.5, 0.6) is 0 Å². The molecule has 3 aromatic carbocycles. The van der Waals surface area contributed by atoms with Gasteiger partial charge in [0.2, 0.25) is 9.84 Å². The molecule has 0 bridgehead atoms. The van der Waals surface area contributed by atoms with Gasteiger partial charge in [-0.3, -0.25) is 0 Å². The molecule has 0 N–H and O–H groups in total. The summed E-state index contributed by atoms with van der Waals surface area (Å²) in [5, 5.41) is -0.0685. The third kappa shape index (κ3) is 7.41. The predicted molar refractivity (Wildman–Crippen MR) is 151 cm³/mol. The summed E-state index contributed by atoms with van der Waals surface area (Å²) in [6.07, 6.45) is -0.105. The second-order valence-corrected chi connectivity index (χ2v) is 11.6. The van der Waals surface area contributed by atoms with Crippen molar-refractivity contribution in [2.75, 3.05) is 6.61 Å². The molecule has 5 rings (SSSR count). The van der Waals surface area contributed by atoms with Crippen LogP contribution in [-0.2, 0) is 48.6 Å². The molecular weight excluding hydrogens is 526 g/mol. The van der Waals surface area contributed by atoms with Crippen molar-refractivity contribution < 1.29 is 27.4 Å². The summed E-state index contributed by atoms with van der Waals surface area (Å²) in [6.45, 7) is 1.12. The minimum absolute atomic E-state index is 0.0685. The standard InChI is InChI=1S/C32H33NO6S/c34-40(35,30-18-10-11-19-33-30)32-31(38-23-27-16-8-3-9-17-27)29(37-22-26-14-6-2-7-15-26)20-28(39-32)24-36-21-25-12-4-1-5-13-25/h1-19,28-29,31-32H,20-24H2. The summed E-state index contributed by atoms with van der Waals surface area (Å²) >= 11 is 0. The molecule has 0 spiro atoms. The Labute approximate surface area is 235 Å². The first kappa shape index (κ1) is 28.1. The Hall–Kier alpha value is -3.40. The first-order valence-corrected chi connectivity index (χ1v) is 14.9. The van der Waals surface area contributed by atoms with E-state index < -0.39 is 33.6 Å². The normalized spacial score (nSPS) is 21.2. The fraction of sp³-hybridized carbons (Fsp3) is 0.281. The molecule has 1 aliphatic rings. The average molecular weight is 560 g/mol. The molecular formula is C32H33NO6S. The van der Waals surface area contributed by atoms with Gasteiger partial charge in [-0.15, -0.1) is 0 Å². The summed E-state index contributed by atoms with van der Waals surface area (Å²) in [4.78, 5) is 4.13. The van der Waals surface area contributed by atoms with E-state index in [1.807, 2.05) is 91.0 Å². The van der Waals surface area contributed by atoms with Gasteiger partial charge in [-0.05, 0) is 28.8 Å². The molecule has 0 amide bonds. The zero-order valence-electron chi connectivity index (χ0n) is 22.1. The SMILES string of the molecule is O=S(=O)(c1ccccn1)C1OC(COCc2ccccc2)CC(OCc2ccccc2)C1OCc1ccccc1. The molecule has 0 radical (unpaired) electrons. The molecule has 40 heavy (non-hydrogen) atoms. The van der Waals surface area contributed by atoms with Crippen molar-refractivity contribution in [3.8, 4) is 0 Å². The van der Waals surface area contributed by atoms with Crippen LogP contribution in [0, 0.1) is 0 Å². The van der Waals surface area contributed by atoms with Gasteiger partial charge in [0.25, 0.3) is 0 Å². The Morgan fingerprint density at radius 3 is 1.82 bits per heavy atom. The smallest absolute Gasteiger partial charge is 0.225 e. The molecule has 8 heteroatoms. The van der Waals surface area contributed by atoms with Gasteiger partial charge in [0.05, 0.1) is 38.6 Å². The van der Waals surface area contributed by atoms with Crippen molar-refractivity contribution >= 4 is 9.84 Å². The lowest BCUT2D eigenvalue weighted by Gasteiger charge is -2.41. The number of pyridine rings is 1. The molecule has 4 atom stereocenters. The highest BCUT2D eigenvalue weighted by Gasteiger charge is 2.48. The highest BCUT2D eigenvalue weighted by Crippen LogP contribution is 2.33. The zero-order valence-corrected chi connectivity index (χ0v) is 22.9. The van der Waals surface area contributed by atoms with Crippen molar-refractivity contribution in [3.05, 3.63) is 132 Å². The Bertz CT molecular complexity index is 1410. The van der Waals surface area contributed by atoms with E-state index >= 15 is 0 Å². The van der Waals surface area contributed by atoms with Crippen LogP contribution < -0.4 is 0 Å². The van der Waals surface area contributed by atoms with Crippen LogP contribution in [0.15, 0.2) is 120 Å². The average Bonchev–Trinajstić information content (AvgIpc) is 3.01. The van der Waals surface area contributed by atoms with E-state index in [1.165, 1.54) is 12.3 Å². The lowest BCUT2D eigenvalue weighted by molar-refractivity contribution is -0.194. The van der Waals surface area contributed by atoms with Gasteiger partial charge in [-0.1, -0.05) is 97.1 Å². The van der Waals surface area contributed by atoms with Gasteiger partial charge in [-0.2, -0.15) is 0 Å². The fourth-order valence-corrected chi connectivity index (χ4v) is 6.28. The van der Waals surface area contributed by atoms with Gasteiger partial charge in [0.15, 0.2) is 10.5 Å². The molecule has 2 heterocycles. The monoisotopic (exact) mass is 559 g/mol. The van der Waals surface area contributed by atoms with Gasteiger partial charge < -0.3 is 18.9 Å². The molecule has 1 fully saturated rings. The molecule has 208 valence electrons. The lowest BCUT2D eigenvalue weighted by atomic mass is 10.0. The van der Waals surface area contributed by atoms with Crippen LogP contribution in [0.3, 0.4) is 0 Å². The second kappa shape index (κ2) is 13.8. The molecule has 1 aliphatic heterocycles. The molecule has 4 unspecified atom stereocenters. The molecule has 7 nitrogen and oxygen atoms in total. The quantitative estimate of drug-likeness (QED) is 0.231. The molecule has 4 aromatic rings. The van der Waals surface area contributed by atoms with Crippen LogP contribution in [-0.4, -0.2) is 43.8 Å². The number of hydrogen-bond donors (Lipinski definition) is 0. The van der Waals surface area contributed by atoms with Crippen molar-refractivity contribution in [2.45, 2.75) is 55.0 Å². The van der Waals surface area contributed by atoms with E-state index in [0.717, 1.165) is 16.7 Å². The summed E-state index contributed by atoms with van der Waals surface area (Å²) in [6, 6.07) is 34.0. The summed E-state index contributed by atoms with van der Waals surface area (Å²) in [5.41, 5.74) is 1.60. The maximum atomic E-state index is 13.9. The third-order valence-corrected chi connectivity index (χ3v) is 8.51. The topological polar surface area (TPSA) is 84.0 Å². The van der Waals surface area contributed by atoms with Crippen LogP contribution in [0.1, 0.15) is 23.1 Å². The second-order valence-electron chi connectivity index (χ2n) is 9.67. The fourth-order valence-electron chi connectivity index (χ4n) is 4.66. The van der Waals surface area contributed by atoms with Gasteiger partial charge in [0, 0.05) is 12.6 Å². The summed E-state index contributed by atoms with van der Waals surface area (Å²) in [5.74, 6) is 0. The van der Waals surface area contributed by atoms with E-state index in [9.17, 15) is 8.42 Å². The molecule has 0 saturated carbocycles. The number of ether oxygens (including phenoxy) is 4. The van der Waals surface area contributed by atoms with E-state index in [0.29, 0.717) is 19.6 Å². The first-order chi connectivity index (χ1) is 19.6. The van der Waals surface area contributed by atoms with Crippen LogP contribution in [0.2, 0.25) is 0 Å². The van der Waals surface area contributed by atoms with E-state index in [1.54, 1.807) is 12.1 Å². The van der Waals surface area contributed by atoms with Crippen molar-refractivity contribution in [2.24, 2.45) is 0 Å². The maximum Gasteiger partial charge on any atom is 0.225 e. The lowest BCUT2D eigenvalue weighted by Crippen LogP contribution is -2.54. The Kier molecular flexibility index (Phi) is 9.70. The summed E-state index contributed by atoms with van der Waals surface area (Å²) in [7, 11) is -4.04. The van der Waals surface area contributed by atoms with Crippen molar-refractivity contribution in [3.63, 3.8) is 0 Å². The van der Waals surface area contributed by atoms with E-state index in [4.69, 9.17) is 18.9 Å². The maximum absolute atomic E-state index is 13.9. The number of rotatable bonds is 12. The minimum atomic E-state index is -4.04. The van der Waals surface area contributed by atoms with Crippen molar-refractivity contribution in [1.29, 1.82) is 0 Å². The number of aromatic nitrogens is 1. The number of nitrogens with zero attached hydrogens (tertiary/aromatic N) is 1. The molecule has 1 saturated heterocycles. The number of hydrogen-bond acceptors (Lipinski definition) is 7. The van der Waals surface area contributed by atoms with Gasteiger partial charge >= 0.3 is 0 Å². The Morgan fingerprint density at radius 2 is 1.25 bits per heavy atom. The molecule has 1 aromatic heterocycles. The van der Waals surface area contributed by atoms with Crippen LogP contribution >= 0.6 is 0 Å². The first-order valence-electron chi connectivity index (χ1n) is 13.3. The third-order valence-electron chi connectivity index (χ3n) is 6.70. The Balaban J connectivity index is 1.40. The van der Waals surface area contributed by atoms with E-state index in [2.05, 4.69) is 4.98 Å². The predicted octanol–water partition coefficient (Wildman–Crippen LogP) is 5.36. The van der Waals surface area contributed by atoms with Crippen LogP contribution in [0.25, 0.3) is 0 Å². The molecule has 0 aliphatic carbocycles. The summed E-state index contributed by atoms with van der Waals surface area (Å²) < 4.78 is 52.7. The van der Waals surface area contributed by atoms with Crippen molar-refractivity contribution in [1.82, 2.24) is 4.98 Å². The number of benzene rings is 3. The van der Waals surface area contributed by atoms with Gasteiger partial charge in [0.1, 0.15) is 6.10 Å². The Morgan fingerprint density at radius 1 is 0.700 bits per heavy atom.